The van der Waals surface area contributed by atoms with Crippen LogP contribution in [0.1, 0.15) is 35.4 Å². The number of nitrogens with one attached hydrogen (secondary N) is 1. The van der Waals surface area contributed by atoms with Crippen LogP contribution in [-0.2, 0) is 22.7 Å². The van der Waals surface area contributed by atoms with E-state index in [-0.39, 0.29) is 17.7 Å². The van der Waals surface area contributed by atoms with Crippen molar-refractivity contribution in [3.05, 3.63) is 52.8 Å². The second-order valence-corrected chi connectivity index (χ2v) is 8.35. The first kappa shape index (κ1) is 22.0. The van der Waals surface area contributed by atoms with Gasteiger partial charge in [0, 0.05) is 37.8 Å². The molecule has 0 spiro atoms. The molecule has 1 saturated heterocycles. The van der Waals surface area contributed by atoms with E-state index in [4.69, 9.17) is 0 Å². The van der Waals surface area contributed by atoms with Crippen LogP contribution in [0.15, 0.2) is 30.3 Å². The Kier molecular flexibility index (Phi) is 7.26. The maximum Gasteiger partial charge on any atom is 0.234 e. The van der Waals surface area contributed by atoms with Gasteiger partial charge in [-0.3, -0.25) is 19.2 Å². The second kappa shape index (κ2) is 9.89. The van der Waals surface area contributed by atoms with Crippen LogP contribution < -0.4 is 5.32 Å². The number of piperidine rings is 1. The summed E-state index contributed by atoms with van der Waals surface area (Å²) < 4.78 is 2.00. The number of benzene rings is 1. The molecule has 0 bridgehead atoms. The van der Waals surface area contributed by atoms with Crippen LogP contribution in [0.5, 0.6) is 0 Å². The first-order valence-electron chi connectivity index (χ1n) is 10.6. The molecule has 30 heavy (non-hydrogen) atoms. The van der Waals surface area contributed by atoms with E-state index in [9.17, 15) is 9.59 Å². The number of hydrogen-bond donors (Lipinski definition) is 1. The van der Waals surface area contributed by atoms with Gasteiger partial charge < -0.3 is 10.2 Å². The molecule has 7 heteroatoms. The Morgan fingerprint density at radius 2 is 1.80 bits per heavy atom. The van der Waals surface area contributed by atoms with Gasteiger partial charge in [0.2, 0.25) is 11.8 Å². The molecule has 2 heterocycles. The fraction of sp³-hybridized carbons (Fsp3) is 0.522. The Morgan fingerprint density at radius 3 is 2.43 bits per heavy atom. The highest BCUT2D eigenvalue weighted by Crippen LogP contribution is 2.19. The second-order valence-electron chi connectivity index (χ2n) is 8.35. The van der Waals surface area contributed by atoms with E-state index in [1.165, 1.54) is 5.56 Å². The maximum absolute atomic E-state index is 12.5. The van der Waals surface area contributed by atoms with Gasteiger partial charge in [-0.05, 0) is 45.3 Å². The molecule has 0 atom stereocenters. The lowest BCUT2D eigenvalue weighted by atomic mass is 9.95. The van der Waals surface area contributed by atoms with Crippen LogP contribution >= 0.6 is 0 Å². The molecule has 7 nitrogen and oxygen atoms in total. The minimum Gasteiger partial charge on any atom is -0.351 e. The average Bonchev–Trinajstić information content (AvgIpc) is 2.99. The summed E-state index contributed by atoms with van der Waals surface area (Å²) in [4.78, 5) is 28.4. The van der Waals surface area contributed by atoms with E-state index in [0.29, 0.717) is 13.1 Å². The molecular weight excluding hydrogens is 378 g/mol. The summed E-state index contributed by atoms with van der Waals surface area (Å²) in [7, 11) is 3.60. The minimum atomic E-state index is 0.0157. The number of aryl methyl sites for hydroxylation is 1. The fourth-order valence-corrected chi connectivity index (χ4v) is 4.05. The summed E-state index contributed by atoms with van der Waals surface area (Å²) >= 11 is 0. The first-order valence-corrected chi connectivity index (χ1v) is 10.6. The van der Waals surface area contributed by atoms with Gasteiger partial charge in [0.1, 0.15) is 0 Å². The maximum atomic E-state index is 12.5. The molecule has 3 rings (SSSR count). The highest BCUT2D eigenvalue weighted by atomic mass is 16.2. The number of aromatic nitrogens is 2. The molecule has 1 N–H and O–H groups in total. The van der Waals surface area contributed by atoms with Gasteiger partial charge in [0.25, 0.3) is 0 Å². The van der Waals surface area contributed by atoms with Crippen molar-refractivity contribution in [1.82, 2.24) is 24.9 Å². The van der Waals surface area contributed by atoms with E-state index >= 15 is 0 Å². The van der Waals surface area contributed by atoms with Crippen LogP contribution in [-0.4, -0.2) is 65.1 Å². The van der Waals surface area contributed by atoms with Crippen LogP contribution in [0.4, 0.5) is 0 Å². The van der Waals surface area contributed by atoms with Crippen molar-refractivity contribution in [2.75, 3.05) is 33.7 Å². The van der Waals surface area contributed by atoms with E-state index in [1.807, 2.05) is 29.8 Å². The van der Waals surface area contributed by atoms with Crippen LogP contribution in [0.2, 0.25) is 0 Å². The number of amides is 2. The number of hydrogen-bond acceptors (Lipinski definition) is 4. The van der Waals surface area contributed by atoms with Crippen molar-refractivity contribution in [1.29, 1.82) is 0 Å². The van der Waals surface area contributed by atoms with Gasteiger partial charge in [-0.15, -0.1) is 0 Å². The number of nitrogens with zero attached hydrogens (tertiary/aromatic N) is 4. The van der Waals surface area contributed by atoms with Crippen molar-refractivity contribution >= 4 is 11.8 Å². The molecule has 2 aromatic rings. The lowest BCUT2D eigenvalue weighted by molar-refractivity contribution is -0.134. The van der Waals surface area contributed by atoms with Crippen LogP contribution in [0.3, 0.4) is 0 Å². The number of carbonyl (C=O) groups excluding carboxylic acids is 2. The predicted octanol–water partition coefficient (Wildman–Crippen LogP) is 1.96. The van der Waals surface area contributed by atoms with E-state index in [1.54, 1.807) is 19.0 Å². The third-order valence-electron chi connectivity index (χ3n) is 5.91. The predicted molar refractivity (Wildman–Crippen MR) is 117 cm³/mol. The Morgan fingerprint density at radius 1 is 1.13 bits per heavy atom. The van der Waals surface area contributed by atoms with Crippen LogP contribution in [0, 0.1) is 19.8 Å². The van der Waals surface area contributed by atoms with E-state index in [0.717, 1.165) is 49.4 Å². The molecular formula is C23H33N5O2. The minimum absolute atomic E-state index is 0.0157. The Labute approximate surface area is 179 Å². The molecule has 0 saturated carbocycles. The number of rotatable bonds is 7. The largest absolute Gasteiger partial charge is 0.351 e. The van der Waals surface area contributed by atoms with Gasteiger partial charge in [-0.2, -0.15) is 5.10 Å². The molecule has 0 unspecified atom stereocenters. The van der Waals surface area contributed by atoms with Crippen molar-refractivity contribution in [3.8, 4) is 0 Å². The topological polar surface area (TPSA) is 70.5 Å². The van der Waals surface area contributed by atoms with Gasteiger partial charge in [-0.1, -0.05) is 30.3 Å². The molecule has 1 fully saturated rings. The van der Waals surface area contributed by atoms with Gasteiger partial charge in [-0.25, -0.2) is 0 Å². The number of likely N-dealkylation sites (tertiary alicyclic amines) is 1. The summed E-state index contributed by atoms with van der Waals surface area (Å²) in [5.41, 5.74) is 4.32. The summed E-state index contributed by atoms with van der Waals surface area (Å²) in [6, 6.07) is 10.2. The third-order valence-corrected chi connectivity index (χ3v) is 5.91. The smallest absolute Gasteiger partial charge is 0.234 e. The molecule has 2 amide bonds. The van der Waals surface area contributed by atoms with E-state index < -0.39 is 0 Å². The fourth-order valence-electron chi connectivity index (χ4n) is 4.05. The third kappa shape index (κ3) is 5.48. The van der Waals surface area contributed by atoms with Crippen LogP contribution in [0.25, 0.3) is 0 Å². The Bertz CT molecular complexity index is 867. The van der Waals surface area contributed by atoms with Crippen molar-refractivity contribution < 1.29 is 9.59 Å². The highest BCUT2D eigenvalue weighted by Gasteiger charge is 2.26. The molecule has 162 valence electrons. The normalized spacial score (nSPS) is 15.2. The molecule has 1 aromatic carbocycles. The van der Waals surface area contributed by atoms with Gasteiger partial charge in [0.15, 0.2) is 0 Å². The zero-order valence-electron chi connectivity index (χ0n) is 18.5. The summed E-state index contributed by atoms with van der Waals surface area (Å²) in [5.74, 6) is 0.291. The Hall–Kier alpha value is -2.67. The summed E-state index contributed by atoms with van der Waals surface area (Å²) in [6.07, 6.45) is 1.63. The van der Waals surface area contributed by atoms with Crippen molar-refractivity contribution in [3.63, 3.8) is 0 Å². The zero-order chi connectivity index (χ0) is 21.7. The number of carbonyl (C=O) groups is 2. The van der Waals surface area contributed by atoms with Gasteiger partial charge in [0.05, 0.1) is 18.8 Å². The molecule has 1 aromatic heterocycles. The molecule has 1 aliphatic heterocycles. The molecule has 0 aliphatic carbocycles. The van der Waals surface area contributed by atoms with Crippen molar-refractivity contribution in [2.24, 2.45) is 5.92 Å². The quantitative estimate of drug-likeness (QED) is 0.756. The van der Waals surface area contributed by atoms with Gasteiger partial charge >= 0.3 is 0 Å². The first-order chi connectivity index (χ1) is 14.3. The lowest BCUT2D eigenvalue weighted by Gasteiger charge is -2.31. The summed E-state index contributed by atoms with van der Waals surface area (Å²) in [6.45, 7) is 7.19. The van der Waals surface area contributed by atoms with Crippen molar-refractivity contribution in [2.45, 2.75) is 39.8 Å². The SMILES string of the molecule is Cc1nn(Cc2ccccc2)c(C)c1CNC(=O)CN1CCC(C(=O)N(C)C)CC1. The molecule has 0 radical (unpaired) electrons. The van der Waals surface area contributed by atoms with E-state index in [2.05, 4.69) is 34.4 Å². The standard InChI is InChI=1S/C23H33N5O2/c1-17-21(18(2)28(25-17)15-19-8-6-5-7-9-19)14-24-22(29)16-27-12-10-20(11-13-27)23(30)26(3)4/h5-9,20H,10-16H2,1-4H3,(H,24,29). The Balaban J connectivity index is 1.49. The average molecular weight is 412 g/mol. The lowest BCUT2D eigenvalue weighted by Crippen LogP contribution is -2.44. The monoisotopic (exact) mass is 411 g/mol. The summed E-state index contributed by atoms with van der Waals surface area (Å²) in [5, 5.41) is 7.71. The molecule has 1 aliphatic rings. The highest BCUT2D eigenvalue weighted by molar-refractivity contribution is 5.79. The zero-order valence-corrected chi connectivity index (χ0v) is 18.5.